The fraction of sp³-hybridized carbons (Fsp3) is 0.292. The van der Waals surface area contributed by atoms with E-state index in [9.17, 15) is 22.8 Å². The molecule has 36 heavy (non-hydrogen) atoms. The van der Waals surface area contributed by atoms with Crippen LogP contribution in [0, 0.1) is 5.82 Å². The molecule has 4 aromatic rings. The van der Waals surface area contributed by atoms with E-state index in [1.807, 2.05) is 0 Å². The van der Waals surface area contributed by atoms with Gasteiger partial charge in [-0.1, -0.05) is 0 Å². The largest absolute Gasteiger partial charge is 0.443 e. The van der Waals surface area contributed by atoms with E-state index in [-0.39, 0.29) is 28.4 Å². The lowest BCUT2D eigenvalue weighted by molar-refractivity contribution is 0.0546. The summed E-state index contributed by atoms with van der Waals surface area (Å²) in [7, 11) is 3.03. The zero-order valence-electron chi connectivity index (χ0n) is 20.2. The molecular formula is C24H23F3N6O3. The predicted molar refractivity (Wildman–Crippen MR) is 125 cm³/mol. The SMILES string of the molecule is CN(C(=O)c1ncnn1C)c1cc2c(cn1)cc(-c1cc(F)ccc1C(F)F)n2C(=O)OC(C)(C)C. The van der Waals surface area contributed by atoms with Gasteiger partial charge in [0.1, 0.15) is 23.6 Å². The van der Waals surface area contributed by atoms with Crippen LogP contribution in [0.25, 0.3) is 22.2 Å². The number of fused-ring (bicyclic) bond motifs is 1. The van der Waals surface area contributed by atoms with E-state index < -0.39 is 35.4 Å². The highest BCUT2D eigenvalue weighted by atomic mass is 19.3. The minimum Gasteiger partial charge on any atom is -0.443 e. The number of aryl methyl sites for hydroxylation is 1. The molecule has 0 saturated carbocycles. The second kappa shape index (κ2) is 9.10. The van der Waals surface area contributed by atoms with Crippen molar-refractivity contribution in [1.29, 1.82) is 0 Å². The number of ether oxygens (including phenoxy) is 1. The highest BCUT2D eigenvalue weighted by Crippen LogP contribution is 2.36. The third kappa shape index (κ3) is 4.66. The van der Waals surface area contributed by atoms with Gasteiger partial charge in [0.15, 0.2) is 0 Å². The van der Waals surface area contributed by atoms with E-state index in [1.54, 1.807) is 27.8 Å². The molecule has 1 aromatic carbocycles. The monoisotopic (exact) mass is 500 g/mol. The topological polar surface area (TPSA) is 95.1 Å². The molecule has 0 bridgehead atoms. The number of carbonyl (C=O) groups excluding carboxylic acids is 2. The molecule has 0 saturated heterocycles. The maximum atomic E-state index is 14.1. The van der Waals surface area contributed by atoms with Crippen LogP contribution in [0.5, 0.6) is 0 Å². The molecule has 0 aliphatic heterocycles. The number of pyridine rings is 1. The molecule has 3 heterocycles. The van der Waals surface area contributed by atoms with Crippen LogP contribution in [0.2, 0.25) is 0 Å². The normalized spacial score (nSPS) is 11.8. The highest BCUT2D eigenvalue weighted by Gasteiger charge is 2.27. The van der Waals surface area contributed by atoms with E-state index in [2.05, 4.69) is 15.1 Å². The third-order valence-electron chi connectivity index (χ3n) is 5.32. The second-order valence-electron chi connectivity index (χ2n) is 9.05. The molecule has 0 aliphatic rings. The number of halogens is 3. The number of carbonyl (C=O) groups is 2. The number of benzene rings is 1. The van der Waals surface area contributed by atoms with Gasteiger partial charge in [-0.05, 0) is 45.0 Å². The molecule has 0 spiro atoms. The Labute approximate surface area is 204 Å². The molecule has 0 radical (unpaired) electrons. The van der Waals surface area contributed by atoms with Gasteiger partial charge in [-0.15, -0.1) is 0 Å². The summed E-state index contributed by atoms with van der Waals surface area (Å²) in [5.41, 5.74) is -1.31. The van der Waals surface area contributed by atoms with Gasteiger partial charge in [0, 0.05) is 42.9 Å². The van der Waals surface area contributed by atoms with Gasteiger partial charge in [0.25, 0.3) is 12.3 Å². The molecule has 0 N–H and O–H groups in total. The van der Waals surface area contributed by atoms with Crippen LogP contribution in [0.3, 0.4) is 0 Å². The molecule has 0 unspecified atom stereocenters. The average molecular weight is 500 g/mol. The van der Waals surface area contributed by atoms with Crippen LogP contribution in [0.1, 0.15) is 43.4 Å². The van der Waals surface area contributed by atoms with E-state index in [1.165, 1.54) is 41.3 Å². The van der Waals surface area contributed by atoms with Gasteiger partial charge in [-0.3, -0.25) is 9.69 Å². The summed E-state index contributed by atoms with van der Waals surface area (Å²) < 4.78 is 49.7. The number of anilines is 1. The summed E-state index contributed by atoms with van der Waals surface area (Å²) in [6.45, 7) is 4.97. The molecule has 1 amide bonds. The van der Waals surface area contributed by atoms with Crippen molar-refractivity contribution in [2.24, 2.45) is 7.05 Å². The van der Waals surface area contributed by atoms with Gasteiger partial charge in [0.2, 0.25) is 5.82 Å². The fourth-order valence-corrected chi connectivity index (χ4v) is 3.66. The van der Waals surface area contributed by atoms with Crippen LogP contribution in [0.15, 0.2) is 42.9 Å². The number of hydrogen-bond donors (Lipinski definition) is 0. The van der Waals surface area contributed by atoms with Crippen LogP contribution in [-0.2, 0) is 11.8 Å². The minimum atomic E-state index is -2.92. The Bertz CT molecular complexity index is 1470. The maximum absolute atomic E-state index is 14.1. The van der Waals surface area contributed by atoms with Crippen LogP contribution < -0.4 is 4.90 Å². The number of rotatable bonds is 4. The average Bonchev–Trinajstić information content (AvgIpc) is 3.39. The molecular weight excluding hydrogens is 477 g/mol. The van der Waals surface area contributed by atoms with Gasteiger partial charge < -0.3 is 4.74 Å². The number of alkyl halides is 2. The lowest BCUT2D eigenvalue weighted by atomic mass is 10.0. The first-order chi connectivity index (χ1) is 16.9. The minimum absolute atomic E-state index is 0.00437. The third-order valence-corrected chi connectivity index (χ3v) is 5.32. The van der Waals surface area contributed by atoms with E-state index in [0.717, 1.165) is 22.8 Å². The van der Waals surface area contributed by atoms with Crippen molar-refractivity contribution in [3.05, 3.63) is 60.1 Å². The van der Waals surface area contributed by atoms with Crippen molar-refractivity contribution in [3.8, 4) is 11.3 Å². The van der Waals surface area contributed by atoms with Gasteiger partial charge >= 0.3 is 6.09 Å². The molecule has 188 valence electrons. The molecule has 4 rings (SSSR count). The summed E-state index contributed by atoms with van der Waals surface area (Å²) in [4.78, 5) is 35.6. The molecule has 3 aromatic heterocycles. The predicted octanol–water partition coefficient (Wildman–Crippen LogP) is 4.97. The van der Waals surface area contributed by atoms with E-state index in [0.29, 0.717) is 5.39 Å². The molecule has 0 atom stereocenters. The van der Waals surface area contributed by atoms with Crippen molar-refractivity contribution in [2.45, 2.75) is 32.8 Å². The standard InChI is InChI=1S/C24H23F3N6O3/c1-24(2,3)36-23(35)33-17-10-19(31(4)22(34)21-29-12-30-32(21)5)28-11-13(17)8-18(33)16-9-14(25)6-7-15(16)20(26)27/h6-12,20H,1-5H3. The Morgan fingerprint density at radius 1 is 1.11 bits per heavy atom. The summed E-state index contributed by atoms with van der Waals surface area (Å²) in [5, 5.41) is 4.27. The quantitative estimate of drug-likeness (QED) is 0.393. The number of hydrogen-bond acceptors (Lipinski definition) is 6. The second-order valence-corrected chi connectivity index (χ2v) is 9.05. The first kappa shape index (κ1) is 24.9. The zero-order valence-corrected chi connectivity index (χ0v) is 20.2. The summed E-state index contributed by atoms with van der Waals surface area (Å²) in [6, 6.07) is 5.73. The Morgan fingerprint density at radius 3 is 2.44 bits per heavy atom. The highest BCUT2D eigenvalue weighted by molar-refractivity contribution is 6.04. The fourth-order valence-electron chi connectivity index (χ4n) is 3.66. The van der Waals surface area contributed by atoms with Crippen LogP contribution in [-0.4, -0.2) is 49.0 Å². The van der Waals surface area contributed by atoms with Crippen molar-refractivity contribution in [2.75, 3.05) is 11.9 Å². The molecule has 9 nitrogen and oxygen atoms in total. The van der Waals surface area contributed by atoms with Crippen molar-refractivity contribution >= 4 is 28.7 Å². The van der Waals surface area contributed by atoms with Gasteiger partial charge in [0.05, 0.1) is 11.2 Å². The van der Waals surface area contributed by atoms with Crippen molar-refractivity contribution in [1.82, 2.24) is 24.3 Å². The van der Waals surface area contributed by atoms with Crippen LogP contribution >= 0.6 is 0 Å². The summed E-state index contributed by atoms with van der Waals surface area (Å²) in [6.07, 6.45) is -1.17. The van der Waals surface area contributed by atoms with Crippen molar-refractivity contribution < 1.29 is 27.5 Å². The molecule has 0 aliphatic carbocycles. The van der Waals surface area contributed by atoms with Crippen molar-refractivity contribution in [3.63, 3.8) is 0 Å². The molecule has 0 fully saturated rings. The lowest BCUT2D eigenvalue weighted by Gasteiger charge is -2.22. The zero-order chi connectivity index (χ0) is 26.4. The van der Waals surface area contributed by atoms with Gasteiger partial charge in [-0.2, -0.15) is 5.10 Å². The summed E-state index contributed by atoms with van der Waals surface area (Å²) >= 11 is 0. The first-order valence-electron chi connectivity index (χ1n) is 10.8. The van der Waals surface area contributed by atoms with Crippen LogP contribution in [0.4, 0.5) is 23.8 Å². The van der Waals surface area contributed by atoms with E-state index >= 15 is 0 Å². The van der Waals surface area contributed by atoms with Gasteiger partial charge in [-0.25, -0.2) is 37.2 Å². The van der Waals surface area contributed by atoms with E-state index in [4.69, 9.17) is 4.74 Å². The Kier molecular flexibility index (Phi) is 6.29. The number of aromatic nitrogens is 5. The number of nitrogens with zero attached hydrogens (tertiary/aromatic N) is 6. The maximum Gasteiger partial charge on any atom is 0.419 e. The Hall–Kier alpha value is -4.22. The Balaban J connectivity index is 1.92. The number of amides is 1. The summed E-state index contributed by atoms with van der Waals surface area (Å²) in [5.74, 6) is -1.05. The molecule has 12 heteroatoms. The smallest absolute Gasteiger partial charge is 0.419 e. The lowest BCUT2D eigenvalue weighted by Crippen LogP contribution is -2.30. The first-order valence-corrected chi connectivity index (χ1v) is 10.8. The Morgan fingerprint density at radius 2 is 1.83 bits per heavy atom.